The summed E-state index contributed by atoms with van der Waals surface area (Å²) < 4.78 is 33.5. The summed E-state index contributed by atoms with van der Waals surface area (Å²) in [6, 6.07) is 9.57. The third-order valence-corrected chi connectivity index (χ3v) is 7.06. The molecule has 1 aliphatic rings. The van der Waals surface area contributed by atoms with Gasteiger partial charge in [-0.1, -0.05) is 17.3 Å². The number of imidazole rings is 1. The first-order valence-electron chi connectivity index (χ1n) is 9.71. The fourth-order valence-corrected chi connectivity index (χ4v) is 5.04. The number of sulfonamides is 1. The summed E-state index contributed by atoms with van der Waals surface area (Å²) in [5.41, 5.74) is 2.45. The van der Waals surface area contributed by atoms with Crippen LogP contribution in [0.4, 0.5) is 0 Å². The molecular formula is C19H26IN7O3S. The highest BCUT2D eigenvalue weighted by Gasteiger charge is 2.29. The van der Waals surface area contributed by atoms with Gasteiger partial charge in [-0.2, -0.15) is 4.31 Å². The van der Waals surface area contributed by atoms with Gasteiger partial charge in [0.2, 0.25) is 10.0 Å². The predicted molar refractivity (Wildman–Crippen MR) is 129 cm³/mol. The van der Waals surface area contributed by atoms with Gasteiger partial charge in [0, 0.05) is 46.3 Å². The molecule has 10 nitrogen and oxygen atoms in total. The Morgan fingerprint density at radius 2 is 1.94 bits per heavy atom. The molecule has 2 aromatic heterocycles. The van der Waals surface area contributed by atoms with Gasteiger partial charge < -0.3 is 19.3 Å². The van der Waals surface area contributed by atoms with Gasteiger partial charge >= 0.3 is 0 Å². The third kappa shape index (κ3) is 5.18. The maximum Gasteiger partial charge on any atom is 0.220 e. The second-order valence-electron chi connectivity index (χ2n) is 7.11. The number of aromatic nitrogens is 3. The monoisotopic (exact) mass is 559 g/mol. The van der Waals surface area contributed by atoms with E-state index in [9.17, 15) is 8.42 Å². The predicted octanol–water partition coefficient (Wildman–Crippen LogP) is 1.40. The van der Waals surface area contributed by atoms with E-state index in [1.54, 1.807) is 13.1 Å². The Labute approximate surface area is 198 Å². The van der Waals surface area contributed by atoms with Crippen LogP contribution in [0.5, 0.6) is 0 Å². The molecule has 1 fully saturated rings. The van der Waals surface area contributed by atoms with Gasteiger partial charge in [-0.25, -0.2) is 13.4 Å². The summed E-state index contributed by atoms with van der Waals surface area (Å²) in [6.07, 6.45) is 1.38. The lowest BCUT2D eigenvalue weighted by atomic mass is 10.3. The number of fused-ring (bicyclic) bond motifs is 1. The molecule has 168 valence electrons. The Morgan fingerprint density at radius 1 is 1.19 bits per heavy atom. The van der Waals surface area contributed by atoms with Gasteiger partial charge in [-0.05, 0) is 12.1 Å². The highest BCUT2D eigenvalue weighted by atomic mass is 127. The van der Waals surface area contributed by atoms with E-state index in [1.807, 2.05) is 31.3 Å². The van der Waals surface area contributed by atoms with E-state index in [1.165, 1.54) is 10.6 Å². The van der Waals surface area contributed by atoms with Gasteiger partial charge in [-0.3, -0.25) is 4.99 Å². The van der Waals surface area contributed by atoms with Crippen molar-refractivity contribution in [1.82, 2.24) is 29.2 Å². The van der Waals surface area contributed by atoms with Crippen LogP contribution in [0.15, 0.2) is 46.1 Å². The van der Waals surface area contributed by atoms with Crippen LogP contribution in [-0.2, 0) is 29.4 Å². The lowest BCUT2D eigenvalue weighted by Crippen LogP contribution is -2.53. The van der Waals surface area contributed by atoms with Gasteiger partial charge in [0.15, 0.2) is 5.96 Å². The zero-order valence-corrected chi connectivity index (χ0v) is 20.6. The first-order chi connectivity index (χ1) is 14.5. The minimum atomic E-state index is -3.43. The number of hydrogen-bond acceptors (Lipinski definition) is 6. The van der Waals surface area contributed by atoms with Crippen molar-refractivity contribution in [2.45, 2.75) is 12.3 Å². The number of halogens is 1. The highest BCUT2D eigenvalue weighted by molar-refractivity contribution is 14.0. The number of nitrogens with zero attached hydrogens (tertiary/aromatic N) is 6. The van der Waals surface area contributed by atoms with E-state index in [0.29, 0.717) is 38.4 Å². The molecule has 0 bridgehead atoms. The molecule has 31 heavy (non-hydrogen) atoms. The van der Waals surface area contributed by atoms with Crippen molar-refractivity contribution in [3.8, 4) is 0 Å². The number of rotatable bonds is 5. The van der Waals surface area contributed by atoms with E-state index < -0.39 is 10.0 Å². The molecule has 0 amide bonds. The average molecular weight is 559 g/mol. The van der Waals surface area contributed by atoms with Crippen molar-refractivity contribution in [3.63, 3.8) is 0 Å². The Hall–Kier alpha value is -2.19. The number of hydrogen-bond donors (Lipinski definition) is 1. The van der Waals surface area contributed by atoms with Gasteiger partial charge in [0.1, 0.15) is 17.8 Å². The molecule has 0 saturated carbocycles. The van der Waals surface area contributed by atoms with Gasteiger partial charge in [0.25, 0.3) is 0 Å². The third-order valence-electron chi connectivity index (χ3n) is 5.25. The maximum atomic E-state index is 12.6. The quantitative estimate of drug-likeness (QED) is 0.286. The summed E-state index contributed by atoms with van der Waals surface area (Å²) in [7, 11) is 0.293. The van der Waals surface area contributed by atoms with Crippen molar-refractivity contribution in [2.24, 2.45) is 12.0 Å². The number of guanidine groups is 1. The van der Waals surface area contributed by atoms with Gasteiger partial charge in [-0.15, -0.1) is 24.0 Å². The molecule has 0 spiro atoms. The molecule has 0 atom stereocenters. The number of benzene rings is 1. The van der Waals surface area contributed by atoms with E-state index in [0.717, 1.165) is 22.8 Å². The van der Waals surface area contributed by atoms with E-state index in [4.69, 9.17) is 4.52 Å². The minimum absolute atomic E-state index is 0. The van der Waals surface area contributed by atoms with Crippen LogP contribution in [0.2, 0.25) is 0 Å². The first-order valence-corrected chi connectivity index (χ1v) is 11.3. The lowest BCUT2D eigenvalue weighted by molar-refractivity contribution is 0.259. The second-order valence-corrected chi connectivity index (χ2v) is 9.08. The van der Waals surface area contributed by atoms with Crippen molar-refractivity contribution in [1.29, 1.82) is 0 Å². The number of aryl methyl sites for hydroxylation is 1. The Bertz CT molecular complexity index is 1140. The van der Waals surface area contributed by atoms with Crippen LogP contribution in [0, 0.1) is 0 Å². The zero-order valence-electron chi connectivity index (χ0n) is 17.4. The molecular weight excluding hydrogens is 533 g/mol. The van der Waals surface area contributed by atoms with Crippen LogP contribution < -0.4 is 5.32 Å². The molecule has 1 N–H and O–H groups in total. The van der Waals surface area contributed by atoms with Crippen LogP contribution in [0.25, 0.3) is 11.0 Å². The maximum absolute atomic E-state index is 12.6. The fourth-order valence-electron chi connectivity index (χ4n) is 3.61. The van der Waals surface area contributed by atoms with E-state index in [-0.39, 0.29) is 29.7 Å². The van der Waals surface area contributed by atoms with Crippen molar-refractivity contribution in [2.75, 3.05) is 33.2 Å². The van der Waals surface area contributed by atoms with E-state index in [2.05, 4.69) is 29.9 Å². The van der Waals surface area contributed by atoms with Crippen LogP contribution in [-0.4, -0.2) is 71.5 Å². The summed E-state index contributed by atoms with van der Waals surface area (Å²) in [6.45, 7) is 2.43. The van der Waals surface area contributed by atoms with Crippen molar-refractivity contribution < 1.29 is 12.9 Å². The molecule has 0 radical (unpaired) electrons. The molecule has 1 aromatic carbocycles. The number of aliphatic imine (C=N–C) groups is 1. The topological polar surface area (TPSA) is 109 Å². The molecule has 12 heteroatoms. The summed E-state index contributed by atoms with van der Waals surface area (Å²) >= 11 is 0. The molecule has 3 aromatic rings. The summed E-state index contributed by atoms with van der Waals surface area (Å²) in [4.78, 5) is 11.1. The normalized spacial score (nSPS) is 15.8. The first kappa shape index (κ1) is 23.5. The largest absolute Gasteiger partial charge is 0.364 e. The molecule has 1 aliphatic heterocycles. The SMILES string of the molecule is CN=C(NCc1nc2ccccc2n1C)N1CCN(S(=O)(=O)Cc2ccon2)CC1.I. The van der Waals surface area contributed by atoms with Gasteiger partial charge in [0.05, 0.1) is 23.3 Å². The standard InChI is InChI=1S/C19H25N7O3S.HI/c1-20-19(21-13-18-22-16-5-3-4-6-17(16)24(18)2)25-8-10-26(11-9-25)30(27,28)14-15-7-12-29-23-15;/h3-7,12H,8-11,13-14H2,1-2H3,(H,20,21);1H. The minimum Gasteiger partial charge on any atom is -0.364 e. The van der Waals surface area contributed by atoms with Crippen molar-refractivity contribution >= 4 is 51.0 Å². The lowest BCUT2D eigenvalue weighted by Gasteiger charge is -2.35. The smallest absolute Gasteiger partial charge is 0.220 e. The number of nitrogens with one attached hydrogen (secondary N) is 1. The van der Waals surface area contributed by atoms with Crippen LogP contribution >= 0.6 is 24.0 Å². The highest BCUT2D eigenvalue weighted by Crippen LogP contribution is 2.15. The Balaban J connectivity index is 0.00000272. The second kappa shape index (κ2) is 9.96. The van der Waals surface area contributed by atoms with E-state index >= 15 is 0 Å². The summed E-state index contributed by atoms with van der Waals surface area (Å²) in [5.74, 6) is 1.49. The zero-order chi connectivity index (χ0) is 21.1. The molecule has 3 heterocycles. The van der Waals surface area contributed by atoms with Crippen LogP contribution in [0.1, 0.15) is 11.5 Å². The Morgan fingerprint density at radius 3 is 2.58 bits per heavy atom. The summed E-state index contributed by atoms with van der Waals surface area (Å²) in [5, 5.41) is 7.05. The van der Waals surface area contributed by atoms with Crippen molar-refractivity contribution in [3.05, 3.63) is 48.1 Å². The molecule has 1 saturated heterocycles. The molecule has 4 rings (SSSR count). The average Bonchev–Trinajstić information content (AvgIpc) is 3.37. The number of para-hydroxylation sites is 2. The molecule has 0 unspecified atom stereocenters. The number of piperazine rings is 1. The Kier molecular flexibility index (Phi) is 7.54. The van der Waals surface area contributed by atoms with Crippen LogP contribution in [0.3, 0.4) is 0 Å². The molecule has 0 aliphatic carbocycles. The fraction of sp³-hybridized carbons (Fsp3) is 0.421.